The normalized spacial score (nSPS) is 13.3. The number of benzene rings is 1. The molecule has 0 aliphatic heterocycles. The van der Waals surface area contributed by atoms with E-state index in [1.165, 1.54) is 6.92 Å². The first-order valence-electron chi connectivity index (χ1n) is 20.6. The van der Waals surface area contributed by atoms with Crippen molar-refractivity contribution >= 4 is 48.1 Å². The zero-order valence-corrected chi connectivity index (χ0v) is 38.1. The van der Waals surface area contributed by atoms with Gasteiger partial charge in [0.2, 0.25) is 17.7 Å². The molecule has 0 fully saturated rings. The number of rotatable bonds is 22. The van der Waals surface area contributed by atoms with Crippen LogP contribution in [-0.4, -0.2) is 116 Å². The molecule has 7 N–H and O–H groups in total. The molecule has 7 amide bonds. The number of esters is 1. The van der Waals surface area contributed by atoms with Crippen molar-refractivity contribution in [3.8, 4) is 0 Å². The second-order valence-corrected chi connectivity index (χ2v) is 17.3. The van der Waals surface area contributed by atoms with Gasteiger partial charge in [0.1, 0.15) is 47.6 Å². The highest BCUT2D eigenvalue weighted by atomic mass is 16.6. The summed E-state index contributed by atoms with van der Waals surface area (Å²) in [5.41, 5.74) is -1.50. The fraction of sp³-hybridized carbons (Fsp3) is 0.667. The minimum absolute atomic E-state index is 0.00236. The van der Waals surface area contributed by atoms with Crippen molar-refractivity contribution in [2.45, 2.75) is 155 Å². The maximum atomic E-state index is 13.9. The number of hydrogen-bond donors (Lipinski definition) is 7. The molecule has 0 unspecified atom stereocenters. The van der Waals surface area contributed by atoms with Crippen molar-refractivity contribution in [2.24, 2.45) is 0 Å². The van der Waals surface area contributed by atoms with Gasteiger partial charge in [-0.05, 0) is 113 Å². The lowest BCUT2D eigenvalue weighted by Crippen LogP contribution is -2.57. The summed E-state index contributed by atoms with van der Waals surface area (Å²) in [6, 6.07) is 3.96. The predicted octanol–water partition coefficient (Wildman–Crippen LogP) is 3.84. The Balaban J connectivity index is 3.16. The van der Waals surface area contributed by atoms with Crippen LogP contribution in [0.25, 0.3) is 0 Å². The van der Waals surface area contributed by atoms with Crippen LogP contribution in [0.4, 0.5) is 19.2 Å². The first kappa shape index (κ1) is 54.2. The summed E-state index contributed by atoms with van der Waals surface area (Å²) in [6.45, 7) is 16.9. The molecule has 350 valence electrons. The molecule has 0 saturated heterocycles. The molecular formula is C42H69N7O13. The Labute approximate surface area is 364 Å². The highest BCUT2D eigenvalue weighted by Crippen LogP contribution is 2.10. The Hall–Kier alpha value is -5.82. The van der Waals surface area contributed by atoms with Crippen LogP contribution in [0.5, 0.6) is 0 Å². The lowest BCUT2D eigenvalue weighted by atomic mass is 10.1. The van der Waals surface area contributed by atoms with E-state index >= 15 is 0 Å². The number of alkyl carbamates (subject to hydrolysis) is 4. The van der Waals surface area contributed by atoms with Gasteiger partial charge in [-0.25, -0.2) is 24.0 Å². The van der Waals surface area contributed by atoms with Gasteiger partial charge in [0.15, 0.2) is 0 Å². The molecule has 0 radical (unpaired) electrons. The van der Waals surface area contributed by atoms with E-state index in [0.717, 1.165) is 7.11 Å². The average molecular weight is 880 g/mol. The fourth-order valence-corrected chi connectivity index (χ4v) is 5.22. The number of amides is 7. The summed E-state index contributed by atoms with van der Waals surface area (Å²) in [6.07, 6.45) is -2.26. The lowest BCUT2D eigenvalue weighted by molar-refractivity contribution is -0.145. The standard InChI is InChI=1S/C42H69N7O13/c1-27(32(50)48-31(35(53)58-11)22-17-25-45-38(56)62-42(8,9)10)46-33(51)29(20-15-23-43-36(54)60-40(2,3)4)47-34(52)30(21-16-24-44-37(55)61-41(5,6)7)49-39(57)59-26-28-18-13-12-14-19-28/h12-14,18-19,27,29-31H,15-17,20-26H2,1-11H3,(H,43,54)(H,44,55)(H,45,56)(H,46,51)(H,47,52)(H,48,50)(H,49,57)/t27-,29-,30-,31-/m1/s1. The molecule has 0 spiro atoms. The van der Waals surface area contributed by atoms with Crippen molar-refractivity contribution in [1.82, 2.24) is 37.2 Å². The van der Waals surface area contributed by atoms with E-state index in [9.17, 15) is 38.4 Å². The Bertz CT molecular complexity index is 1620. The number of hydrogen-bond acceptors (Lipinski definition) is 13. The summed E-state index contributed by atoms with van der Waals surface area (Å²) < 4.78 is 25.9. The van der Waals surface area contributed by atoms with Crippen LogP contribution < -0.4 is 37.2 Å². The number of carbonyl (C=O) groups excluding carboxylic acids is 8. The third kappa shape index (κ3) is 25.7. The zero-order valence-electron chi connectivity index (χ0n) is 38.1. The van der Waals surface area contributed by atoms with E-state index in [2.05, 4.69) is 37.2 Å². The van der Waals surface area contributed by atoms with Gasteiger partial charge in [-0.3, -0.25) is 14.4 Å². The predicted molar refractivity (Wildman–Crippen MR) is 227 cm³/mol. The molecule has 4 atom stereocenters. The third-order valence-corrected chi connectivity index (χ3v) is 8.02. The van der Waals surface area contributed by atoms with Gasteiger partial charge in [0.25, 0.3) is 0 Å². The maximum Gasteiger partial charge on any atom is 0.408 e. The number of carbonyl (C=O) groups is 8. The minimum atomic E-state index is -1.29. The van der Waals surface area contributed by atoms with E-state index in [-0.39, 0.29) is 64.8 Å². The average Bonchev–Trinajstić information content (AvgIpc) is 3.15. The Kier molecular flexibility index (Phi) is 23.2. The third-order valence-electron chi connectivity index (χ3n) is 8.02. The van der Waals surface area contributed by atoms with Gasteiger partial charge in [0.05, 0.1) is 7.11 Å². The van der Waals surface area contributed by atoms with Crippen LogP contribution >= 0.6 is 0 Å². The number of nitrogens with one attached hydrogen (secondary N) is 7. The van der Waals surface area contributed by atoms with E-state index in [1.807, 2.05) is 0 Å². The van der Waals surface area contributed by atoms with Crippen molar-refractivity contribution < 1.29 is 62.0 Å². The molecule has 20 nitrogen and oxygen atoms in total. The van der Waals surface area contributed by atoms with Crippen molar-refractivity contribution in [2.75, 3.05) is 26.7 Å². The van der Waals surface area contributed by atoms with Gasteiger partial charge in [-0.2, -0.15) is 0 Å². The highest BCUT2D eigenvalue weighted by Gasteiger charge is 2.31. The lowest BCUT2D eigenvalue weighted by Gasteiger charge is -2.25. The molecule has 0 aliphatic carbocycles. The van der Waals surface area contributed by atoms with Gasteiger partial charge in [0, 0.05) is 19.6 Å². The second kappa shape index (κ2) is 26.5. The van der Waals surface area contributed by atoms with Gasteiger partial charge in [-0.15, -0.1) is 0 Å². The molecule has 1 aromatic rings. The number of methoxy groups -OCH3 is 1. The Morgan fingerprint density at radius 2 is 0.903 bits per heavy atom. The van der Waals surface area contributed by atoms with Gasteiger partial charge in [-0.1, -0.05) is 30.3 Å². The molecule has 0 saturated carbocycles. The van der Waals surface area contributed by atoms with Gasteiger partial charge >= 0.3 is 30.3 Å². The molecule has 62 heavy (non-hydrogen) atoms. The van der Waals surface area contributed by atoms with Crippen LogP contribution in [0.3, 0.4) is 0 Å². The van der Waals surface area contributed by atoms with E-state index in [1.54, 1.807) is 92.6 Å². The largest absolute Gasteiger partial charge is 0.467 e. The molecule has 0 heterocycles. The van der Waals surface area contributed by atoms with Crippen molar-refractivity contribution in [1.29, 1.82) is 0 Å². The quantitative estimate of drug-likeness (QED) is 0.0497. The first-order valence-corrected chi connectivity index (χ1v) is 20.6. The Morgan fingerprint density at radius 1 is 0.516 bits per heavy atom. The van der Waals surface area contributed by atoms with Crippen LogP contribution in [0.1, 0.15) is 113 Å². The van der Waals surface area contributed by atoms with Crippen LogP contribution in [0.15, 0.2) is 30.3 Å². The minimum Gasteiger partial charge on any atom is -0.467 e. The Morgan fingerprint density at radius 3 is 1.32 bits per heavy atom. The monoisotopic (exact) mass is 879 g/mol. The van der Waals surface area contributed by atoms with Crippen LogP contribution in [-0.2, 0) is 49.5 Å². The van der Waals surface area contributed by atoms with E-state index in [4.69, 9.17) is 23.7 Å². The van der Waals surface area contributed by atoms with E-state index in [0.29, 0.717) is 5.56 Å². The molecule has 20 heteroatoms. The van der Waals surface area contributed by atoms with Crippen molar-refractivity contribution in [3.05, 3.63) is 35.9 Å². The maximum absolute atomic E-state index is 13.9. The summed E-state index contributed by atoms with van der Waals surface area (Å²) >= 11 is 0. The van der Waals surface area contributed by atoms with Crippen LogP contribution in [0.2, 0.25) is 0 Å². The van der Waals surface area contributed by atoms with Gasteiger partial charge < -0.3 is 60.9 Å². The topological polar surface area (TPSA) is 267 Å². The van der Waals surface area contributed by atoms with Crippen molar-refractivity contribution in [3.63, 3.8) is 0 Å². The molecule has 1 aromatic carbocycles. The zero-order chi connectivity index (χ0) is 47.1. The van der Waals surface area contributed by atoms with Crippen LogP contribution in [0, 0.1) is 0 Å². The molecule has 0 aromatic heterocycles. The highest BCUT2D eigenvalue weighted by molar-refractivity contribution is 5.94. The van der Waals surface area contributed by atoms with E-state index < -0.39 is 89.0 Å². The molecule has 0 aliphatic rings. The second-order valence-electron chi connectivity index (χ2n) is 17.3. The molecule has 1 rings (SSSR count). The SMILES string of the molecule is COC(=O)[C@@H](CCCNC(=O)OC(C)(C)C)NC(=O)[C@@H](C)NC(=O)[C@@H](CCCNC(=O)OC(C)(C)C)NC(=O)[C@@H](CCCNC(=O)OC(C)(C)C)NC(=O)OCc1ccccc1. The summed E-state index contributed by atoms with van der Waals surface area (Å²) in [5, 5.41) is 18.1. The number of ether oxygens (including phenoxy) is 5. The smallest absolute Gasteiger partial charge is 0.408 e. The summed E-state index contributed by atoms with van der Waals surface area (Å²) in [4.78, 5) is 103. The molecule has 0 bridgehead atoms. The first-order chi connectivity index (χ1) is 28.8. The fourth-order valence-electron chi connectivity index (χ4n) is 5.22. The summed E-state index contributed by atoms with van der Waals surface area (Å²) in [7, 11) is 1.15. The molecular weight excluding hydrogens is 810 g/mol. The summed E-state index contributed by atoms with van der Waals surface area (Å²) in [5.74, 6) is -3.06.